The van der Waals surface area contributed by atoms with Crippen LogP contribution in [0.1, 0.15) is 263 Å². The number of H-pyrrole nitrogens is 2. The Morgan fingerprint density at radius 2 is 0.679 bits per heavy atom. The van der Waals surface area contributed by atoms with Crippen LogP contribution in [0.2, 0.25) is 0 Å². The highest BCUT2D eigenvalue weighted by molar-refractivity contribution is 5.68. The molecule has 106 heavy (non-hydrogen) atoms. The molecule has 22 heteroatoms. The molecule has 0 aliphatic heterocycles. The van der Waals surface area contributed by atoms with Gasteiger partial charge in [-0.15, -0.1) is 15.3 Å². The van der Waals surface area contributed by atoms with Crippen molar-refractivity contribution in [3.8, 4) is 28.7 Å². The second kappa shape index (κ2) is 32.0. The van der Waals surface area contributed by atoms with Gasteiger partial charge in [0.1, 0.15) is 53.5 Å². The third-order valence-electron chi connectivity index (χ3n) is 17.5. The summed E-state index contributed by atoms with van der Waals surface area (Å²) in [5.41, 5.74) is 15.6. The Hall–Kier alpha value is -9.99. The predicted octanol–water partition coefficient (Wildman–Crippen LogP) is 20.9. The van der Waals surface area contributed by atoms with Crippen LogP contribution in [-0.4, -0.2) is 80.8 Å². The predicted molar refractivity (Wildman–Crippen MR) is 434 cm³/mol. The third-order valence-corrected chi connectivity index (χ3v) is 17.5. The summed E-state index contributed by atoms with van der Waals surface area (Å²) >= 11 is 0. The zero-order valence-electron chi connectivity index (χ0n) is 69.1. The number of aromatic hydroxyl groups is 5. The first-order valence-corrected chi connectivity index (χ1v) is 36.2. The molecule has 10 rings (SSSR count). The van der Waals surface area contributed by atoms with Crippen LogP contribution >= 0.6 is 0 Å². The summed E-state index contributed by atoms with van der Waals surface area (Å²) in [4.78, 5) is 4.08. The van der Waals surface area contributed by atoms with E-state index >= 15 is 0 Å². The lowest BCUT2D eigenvalue weighted by molar-refractivity contribution is 0.422. The van der Waals surface area contributed by atoms with Crippen LogP contribution in [0.15, 0.2) is 121 Å². The first kappa shape index (κ1) is 84.9. The maximum Gasteiger partial charge on any atom is 0.299 e. The van der Waals surface area contributed by atoms with Gasteiger partial charge in [-0.2, -0.15) is 10.2 Å². The van der Waals surface area contributed by atoms with Gasteiger partial charge >= 0.3 is 0 Å². The van der Waals surface area contributed by atoms with E-state index in [-0.39, 0.29) is 54.1 Å². The number of nitrogens with one attached hydrogen (secondary N) is 7. The van der Waals surface area contributed by atoms with Gasteiger partial charge in [-0.1, -0.05) is 213 Å². The van der Waals surface area contributed by atoms with E-state index in [0.29, 0.717) is 40.6 Å². The van der Waals surface area contributed by atoms with Gasteiger partial charge in [0.2, 0.25) is 0 Å². The molecule has 0 amide bonds. The van der Waals surface area contributed by atoms with E-state index in [2.05, 4.69) is 280 Å². The zero-order valence-corrected chi connectivity index (χ0v) is 69.1. The van der Waals surface area contributed by atoms with Crippen LogP contribution in [0.3, 0.4) is 0 Å². The number of oxazole rings is 1. The number of phenolic OH excluding ortho intramolecular Hbond substituents is 5. The van der Waals surface area contributed by atoms with E-state index in [1.165, 1.54) is 6.26 Å². The standard InChI is InChI=1S/C18H27N3O.C17H25N3O.C17H24N2O2.2C16H24N4O/c1-17(2,3)13-10-12(20-15-8-9-19-21(15)7)11-14(16(13)22)18(4,5)6;1-16(2,3)12-9-11(19-14-7-8-18-20-14)10-13(15(12)21)17(4,5)6;1-16(2,3)12-9-11(19-15-18-7-8-21-15)10-13(14(12)20)17(4,5)6;1-15(2,3)12-7-11(19-20-9-17-18-10-20)8-13(14(12)21)16(4,5)6;1-15(2,3)11-7-10(18-13-9-17-20-19-13)8-12(14(11)21)16(4,5)6/h8-11,20,22H,1-7H3;7-10,21H,1-6H3,(H2,18,19,20);7-10,20H,1-6H3,(H,18,19);7-10,19,21H,1-6H3;7-9,21H,1-6H3,(H2,17,18,19,20). The minimum absolute atomic E-state index is 0.131. The molecule has 0 atom stereocenters. The molecule has 5 aromatic heterocycles. The minimum Gasteiger partial charge on any atom is -0.507 e. The van der Waals surface area contributed by atoms with Gasteiger partial charge in [0.05, 0.1) is 24.3 Å². The van der Waals surface area contributed by atoms with Crippen molar-refractivity contribution < 1.29 is 29.9 Å². The maximum atomic E-state index is 10.7. The smallest absolute Gasteiger partial charge is 0.299 e. The summed E-state index contributed by atoms with van der Waals surface area (Å²) in [6.07, 6.45) is 11.5. The highest BCUT2D eigenvalue weighted by Crippen LogP contribution is 2.47. The molecule has 0 aliphatic carbocycles. The minimum atomic E-state index is -0.154. The molecule has 12 N–H and O–H groups in total. The highest BCUT2D eigenvalue weighted by Gasteiger charge is 2.32. The van der Waals surface area contributed by atoms with Crippen molar-refractivity contribution in [1.29, 1.82) is 0 Å². The fourth-order valence-corrected chi connectivity index (χ4v) is 11.6. The van der Waals surface area contributed by atoms with Gasteiger partial charge < -0.3 is 51.2 Å². The van der Waals surface area contributed by atoms with Gasteiger partial charge in [0.25, 0.3) is 6.01 Å². The molecule has 0 bridgehead atoms. The SMILES string of the molecule is CC(C)(C)c1cc(Nc2c[nH]nn2)cc(C(C)(C)C)c1O.CC(C)(C)c1cc(Nc2cc[nH]n2)cc(C(C)(C)C)c1O.CC(C)(C)c1cc(Nc2ncco2)cc(C(C)(C)C)c1O.CC(C)(C)c1cc(Nn2cnnc2)cc(C(C)(C)C)c1O.Cn1nccc1Nc1cc(C(C)(C)C)c(O)c(C(C)(C)C)c1. The number of anilines is 9. The normalized spacial score (nSPS) is 12.5. The molecular formula is C84H124N16O6. The van der Waals surface area contributed by atoms with E-state index in [4.69, 9.17) is 4.42 Å². The summed E-state index contributed by atoms with van der Waals surface area (Å²) in [6, 6.07) is 24.1. The highest BCUT2D eigenvalue weighted by atomic mass is 16.4. The summed E-state index contributed by atoms with van der Waals surface area (Å²) in [5, 5.41) is 95.3. The molecule has 10 aromatic rings. The fraction of sp³-hybridized carbons (Fsp3) is 0.488. The quantitative estimate of drug-likeness (QED) is 0.0566. The van der Waals surface area contributed by atoms with Crippen LogP contribution in [0, 0.1) is 0 Å². The van der Waals surface area contributed by atoms with Crippen molar-refractivity contribution in [1.82, 2.24) is 55.2 Å². The number of aromatic nitrogens is 11. The molecule has 0 aliphatic rings. The molecule has 0 unspecified atom stereocenters. The van der Waals surface area contributed by atoms with Gasteiger partial charge in [0.15, 0.2) is 11.6 Å². The van der Waals surface area contributed by atoms with Crippen molar-refractivity contribution in [3.05, 3.63) is 172 Å². The van der Waals surface area contributed by atoms with Crippen molar-refractivity contribution in [2.24, 2.45) is 7.05 Å². The Morgan fingerprint density at radius 1 is 0.368 bits per heavy atom. The molecule has 0 saturated carbocycles. The number of phenols is 5. The average Bonchev–Trinajstić information content (AvgIpc) is 1.58. The molecule has 0 spiro atoms. The van der Waals surface area contributed by atoms with Crippen molar-refractivity contribution >= 4 is 51.9 Å². The monoisotopic (exact) mass is 1450 g/mol. The molecule has 0 radical (unpaired) electrons. The van der Waals surface area contributed by atoms with Crippen molar-refractivity contribution in [2.75, 3.05) is 26.7 Å². The lowest BCUT2D eigenvalue weighted by Crippen LogP contribution is -2.18. The first-order chi connectivity index (χ1) is 48.3. The number of aromatic amines is 2. The average molecular weight is 1450 g/mol. The van der Waals surface area contributed by atoms with Gasteiger partial charge in [-0.05, 0) is 115 Å². The Morgan fingerprint density at radius 3 is 0.943 bits per heavy atom. The van der Waals surface area contributed by atoms with Crippen LogP contribution in [0.5, 0.6) is 28.7 Å². The van der Waals surface area contributed by atoms with Crippen molar-refractivity contribution in [2.45, 2.75) is 262 Å². The number of nitrogens with zero attached hydrogens (tertiary/aromatic N) is 9. The first-order valence-electron chi connectivity index (χ1n) is 36.2. The molecule has 0 fully saturated rings. The largest absolute Gasteiger partial charge is 0.507 e. The van der Waals surface area contributed by atoms with Gasteiger partial charge in [-0.3, -0.25) is 20.3 Å². The Bertz CT molecular complexity index is 3850. The van der Waals surface area contributed by atoms with Crippen molar-refractivity contribution in [3.63, 3.8) is 0 Å². The second-order valence-electron chi connectivity index (χ2n) is 37.6. The molecule has 5 heterocycles. The third kappa shape index (κ3) is 23.0. The maximum absolute atomic E-state index is 10.7. The summed E-state index contributed by atoms with van der Waals surface area (Å²) in [5.74, 6) is 4.25. The van der Waals surface area contributed by atoms with E-state index in [1.54, 1.807) is 46.8 Å². The van der Waals surface area contributed by atoms with E-state index in [1.807, 2.05) is 79.8 Å². The van der Waals surface area contributed by atoms with Crippen LogP contribution < -0.4 is 26.7 Å². The molecular weight excluding hydrogens is 1330 g/mol. The van der Waals surface area contributed by atoms with Gasteiger partial charge in [0, 0.05) is 104 Å². The number of benzene rings is 5. The van der Waals surface area contributed by atoms with Crippen LogP contribution in [0.4, 0.5) is 51.9 Å². The summed E-state index contributed by atoms with van der Waals surface area (Å²) in [6.45, 7) is 62.9. The van der Waals surface area contributed by atoms with Gasteiger partial charge in [-0.25, -0.2) is 9.66 Å². The summed E-state index contributed by atoms with van der Waals surface area (Å²) < 4.78 is 8.71. The van der Waals surface area contributed by atoms with E-state index in [9.17, 15) is 25.5 Å². The molecule has 0 saturated heterocycles. The topological polar surface area (TPSA) is 306 Å². The molecule has 576 valence electrons. The number of hydrogen-bond acceptors (Lipinski definition) is 18. The fourth-order valence-electron chi connectivity index (χ4n) is 11.6. The zero-order chi connectivity index (χ0) is 80.1. The number of rotatable bonds is 10. The van der Waals surface area contributed by atoms with E-state index in [0.717, 1.165) is 95.7 Å². The lowest BCUT2D eigenvalue weighted by atomic mass is 9.79. The summed E-state index contributed by atoms with van der Waals surface area (Å²) in [7, 11) is 1.90. The lowest BCUT2D eigenvalue weighted by Gasteiger charge is -2.28. The van der Waals surface area contributed by atoms with E-state index < -0.39 is 0 Å². The second-order valence-corrected chi connectivity index (χ2v) is 37.6. The molecule has 22 nitrogen and oxygen atoms in total. The Kier molecular flexibility index (Phi) is 25.6. The Balaban J connectivity index is 0.000000208. The molecule has 5 aromatic carbocycles. The Labute approximate surface area is 630 Å². The number of aryl methyl sites for hydroxylation is 1. The van der Waals surface area contributed by atoms with Crippen LogP contribution in [0.25, 0.3) is 0 Å². The van der Waals surface area contributed by atoms with Crippen LogP contribution in [-0.2, 0) is 61.2 Å². The number of hydrogen-bond donors (Lipinski definition) is 12.